The lowest BCUT2D eigenvalue weighted by atomic mass is 9.85. The summed E-state index contributed by atoms with van der Waals surface area (Å²) in [5, 5.41) is 0.101. The van der Waals surface area contributed by atoms with Crippen LogP contribution in [-0.2, 0) is 17.5 Å². The molecule has 0 saturated carbocycles. The minimum Gasteiger partial charge on any atom is -0.412 e. The van der Waals surface area contributed by atoms with E-state index in [0.717, 1.165) is 48.2 Å². The van der Waals surface area contributed by atoms with Gasteiger partial charge in [-0.15, -0.1) is 0 Å². The van der Waals surface area contributed by atoms with Gasteiger partial charge in [-0.1, -0.05) is 80.4 Å². The van der Waals surface area contributed by atoms with Crippen LogP contribution in [0.4, 0.5) is 4.39 Å². The number of aromatic nitrogens is 1. The van der Waals surface area contributed by atoms with E-state index >= 15 is 0 Å². The Morgan fingerprint density at radius 3 is 1.97 bits per heavy atom. The number of hydrogen-bond donors (Lipinski definition) is 0. The number of carbonyl (C=O) groups excluding carboxylic acids is 1. The number of nitrogens with zero attached hydrogens (tertiary/aromatic N) is 1. The lowest BCUT2D eigenvalue weighted by Crippen LogP contribution is -2.40. The summed E-state index contributed by atoms with van der Waals surface area (Å²) in [6, 6.07) is 5.56. The zero-order valence-electron chi connectivity index (χ0n) is 23.6. The Balaban J connectivity index is 2.83. The number of unbranched alkanes of at least 4 members (excludes halogenated alkanes) is 2. The first-order chi connectivity index (χ1) is 16.2. The molecule has 194 valence electrons. The van der Waals surface area contributed by atoms with Crippen molar-refractivity contribution in [2.45, 2.75) is 118 Å². The van der Waals surface area contributed by atoms with Crippen LogP contribution in [0.15, 0.2) is 24.3 Å². The second-order valence-corrected chi connectivity index (χ2v) is 16.7. The summed E-state index contributed by atoms with van der Waals surface area (Å²) in [6.45, 7) is 22.8. The van der Waals surface area contributed by atoms with Gasteiger partial charge in [-0.05, 0) is 71.6 Å². The first-order valence-corrected chi connectivity index (χ1v) is 16.1. The molecule has 0 bridgehead atoms. The molecule has 1 heterocycles. The number of carbonyl (C=O) groups is 1. The van der Waals surface area contributed by atoms with Gasteiger partial charge in [0.2, 0.25) is 0 Å². The quantitative estimate of drug-likeness (QED) is 0.176. The van der Waals surface area contributed by atoms with Crippen molar-refractivity contribution in [1.29, 1.82) is 0 Å². The highest BCUT2D eigenvalue weighted by molar-refractivity contribution is 6.74. The predicted molar refractivity (Wildman–Crippen MR) is 149 cm³/mol. The Bertz CT molecular complexity index is 1000. The highest BCUT2D eigenvalue weighted by atomic mass is 28.4. The van der Waals surface area contributed by atoms with Crippen molar-refractivity contribution >= 4 is 14.4 Å². The molecule has 0 spiro atoms. The Labute approximate surface area is 214 Å². The van der Waals surface area contributed by atoms with Crippen LogP contribution < -0.4 is 0 Å². The number of pyridine rings is 1. The molecule has 2 aromatic rings. The van der Waals surface area contributed by atoms with Crippen LogP contribution >= 0.6 is 0 Å². The number of halogens is 1. The van der Waals surface area contributed by atoms with Gasteiger partial charge in [-0.3, -0.25) is 9.78 Å². The summed E-state index contributed by atoms with van der Waals surface area (Å²) in [5.74, 6) is 0.519. The molecule has 3 nitrogen and oxygen atoms in total. The van der Waals surface area contributed by atoms with Gasteiger partial charge in [-0.25, -0.2) is 0 Å². The molecule has 0 fully saturated rings. The van der Waals surface area contributed by atoms with Gasteiger partial charge in [0, 0.05) is 17.0 Å². The molecule has 2 rings (SSSR count). The van der Waals surface area contributed by atoms with Gasteiger partial charge < -0.3 is 4.43 Å². The van der Waals surface area contributed by atoms with Crippen LogP contribution in [0.5, 0.6) is 0 Å². The van der Waals surface area contributed by atoms with E-state index in [1.54, 1.807) is 12.1 Å². The first-order valence-electron chi connectivity index (χ1n) is 13.2. The highest BCUT2D eigenvalue weighted by Crippen LogP contribution is 2.41. The van der Waals surface area contributed by atoms with Crippen molar-refractivity contribution in [3.8, 4) is 11.1 Å². The maximum absolute atomic E-state index is 13.4. The Morgan fingerprint density at radius 2 is 1.51 bits per heavy atom. The molecule has 0 radical (unpaired) electrons. The van der Waals surface area contributed by atoms with Gasteiger partial charge in [0.1, 0.15) is 0 Å². The van der Waals surface area contributed by atoms with Crippen LogP contribution in [0.2, 0.25) is 18.1 Å². The third-order valence-corrected chi connectivity index (χ3v) is 11.8. The molecule has 0 atom stereocenters. The molecule has 0 unspecified atom stereocenters. The zero-order valence-corrected chi connectivity index (χ0v) is 24.6. The predicted octanol–water partition coefficient (Wildman–Crippen LogP) is 9.36. The van der Waals surface area contributed by atoms with Gasteiger partial charge in [0.05, 0.1) is 12.2 Å². The van der Waals surface area contributed by atoms with E-state index in [1.165, 1.54) is 11.1 Å². The van der Waals surface area contributed by atoms with Gasteiger partial charge >= 0.3 is 6.04 Å². The van der Waals surface area contributed by atoms with Crippen molar-refractivity contribution < 1.29 is 13.6 Å². The maximum atomic E-state index is 13.4. The third-order valence-electron chi connectivity index (χ3n) is 7.37. The van der Waals surface area contributed by atoms with E-state index in [-0.39, 0.29) is 22.4 Å². The molecular formula is C30H46FNO2Si. The molecule has 1 aromatic heterocycles. The Morgan fingerprint density at radius 1 is 0.971 bits per heavy atom. The van der Waals surface area contributed by atoms with Crippen molar-refractivity contribution in [1.82, 2.24) is 4.98 Å². The van der Waals surface area contributed by atoms with Crippen LogP contribution in [0, 0.1) is 0 Å². The van der Waals surface area contributed by atoms with Crippen molar-refractivity contribution in [3.05, 3.63) is 52.3 Å². The Hall–Kier alpha value is -1.85. The molecule has 1 aromatic carbocycles. The van der Waals surface area contributed by atoms with Crippen molar-refractivity contribution in [3.63, 3.8) is 0 Å². The number of hydrogen-bond acceptors (Lipinski definition) is 3. The zero-order chi connectivity index (χ0) is 26.6. The van der Waals surface area contributed by atoms with E-state index < -0.39 is 14.4 Å². The Kier molecular flexibility index (Phi) is 10.0. The first kappa shape index (κ1) is 29.4. The molecule has 5 heteroatoms. The van der Waals surface area contributed by atoms with E-state index in [2.05, 4.69) is 68.5 Å². The SMILES string of the molecule is CCCCCc1c(C(C)C)nc(C(C)C)c(CO[Si](C)(C)C(C)(C)C)c1-c1ccc(C(=O)F)cc1. The fourth-order valence-electron chi connectivity index (χ4n) is 4.19. The molecule has 0 amide bonds. The summed E-state index contributed by atoms with van der Waals surface area (Å²) in [4.78, 5) is 16.6. The number of benzene rings is 1. The average Bonchev–Trinajstić information content (AvgIpc) is 2.76. The third kappa shape index (κ3) is 7.10. The standard InChI is InChI=1S/C30H46FNO2Si/c1-11-12-13-14-24-26(22-15-17-23(18-16-22)29(31)33)25(19-34-35(9,10)30(6,7)8)28(21(4)5)32-27(24)20(2)3/h15-18,20-21H,11-14,19H2,1-10H3. The second kappa shape index (κ2) is 11.9. The summed E-state index contributed by atoms with van der Waals surface area (Å²) in [6.07, 6.45) is 4.35. The van der Waals surface area contributed by atoms with Gasteiger partial charge in [0.15, 0.2) is 8.32 Å². The van der Waals surface area contributed by atoms with E-state index in [9.17, 15) is 9.18 Å². The minimum atomic E-state index is -2.00. The molecule has 0 N–H and O–H groups in total. The van der Waals surface area contributed by atoms with E-state index in [0.29, 0.717) is 6.61 Å². The average molecular weight is 500 g/mol. The topological polar surface area (TPSA) is 39.2 Å². The smallest absolute Gasteiger partial charge is 0.332 e. The van der Waals surface area contributed by atoms with Crippen molar-refractivity contribution in [2.24, 2.45) is 0 Å². The van der Waals surface area contributed by atoms with Crippen LogP contribution in [0.3, 0.4) is 0 Å². The number of rotatable bonds is 11. The van der Waals surface area contributed by atoms with Crippen LogP contribution in [0.25, 0.3) is 11.1 Å². The molecule has 0 saturated heterocycles. The molecule has 0 aliphatic heterocycles. The van der Waals surface area contributed by atoms with Crippen molar-refractivity contribution in [2.75, 3.05) is 0 Å². The minimum absolute atomic E-state index is 0.0857. The fraction of sp³-hybridized carbons (Fsp3) is 0.600. The summed E-state index contributed by atoms with van der Waals surface area (Å²) < 4.78 is 20.1. The fourth-order valence-corrected chi connectivity index (χ4v) is 5.13. The van der Waals surface area contributed by atoms with E-state index in [1.807, 2.05) is 12.1 Å². The maximum Gasteiger partial charge on any atom is 0.332 e. The molecule has 35 heavy (non-hydrogen) atoms. The van der Waals surface area contributed by atoms with Crippen LogP contribution in [-0.4, -0.2) is 19.3 Å². The van der Waals surface area contributed by atoms with Gasteiger partial charge in [-0.2, -0.15) is 4.39 Å². The largest absolute Gasteiger partial charge is 0.412 e. The molecule has 0 aliphatic carbocycles. The summed E-state index contributed by atoms with van der Waals surface area (Å²) in [7, 11) is -2.00. The normalized spacial score (nSPS) is 12.6. The van der Waals surface area contributed by atoms with E-state index in [4.69, 9.17) is 9.41 Å². The second-order valence-electron chi connectivity index (χ2n) is 11.9. The lowest BCUT2D eigenvalue weighted by Gasteiger charge is -2.37. The highest BCUT2D eigenvalue weighted by Gasteiger charge is 2.37. The van der Waals surface area contributed by atoms with Gasteiger partial charge in [0.25, 0.3) is 0 Å². The lowest BCUT2D eigenvalue weighted by molar-refractivity contribution is 0.0836. The molecular weight excluding hydrogens is 453 g/mol. The molecule has 0 aliphatic rings. The summed E-state index contributed by atoms with van der Waals surface area (Å²) in [5.41, 5.74) is 6.88. The van der Waals surface area contributed by atoms with Crippen LogP contribution in [0.1, 0.15) is 119 Å². The summed E-state index contributed by atoms with van der Waals surface area (Å²) >= 11 is 0. The monoisotopic (exact) mass is 499 g/mol.